The Morgan fingerprint density at radius 2 is 1.52 bits per heavy atom. The molecule has 46 heavy (non-hydrogen) atoms. The van der Waals surface area contributed by atoms with Gasteiger partial charge in [0.25, 0.3) is 0 Å². The molecule has 4 fully saturated rings. The number of Topliss-reactive ketones (excluding diaryl/α,β-unsaturated/α-hetero) is 1. The van der Waals surface area contributed by atoms with Crippen LogP contribution in [0.2, 0.25) is 36.3 Å². The smallest absolute Gasteiger partial charge is 0.192 e. The van der Waals surface area contributed by atoms with Crippen molar-refractivity contribution in [1.82, 2.24) is 0 Å². The zero-order chi connectivity index (χ0) is 34.7. The van der Waals surface area contributed by atoms with Crippen molar-refractivity contribution in [2.45, 2.75) is 174 Å². The Morgan fingerprint density at radius 3 is 2.09 bits per heavy atom. The Bertz CT molecular complexity index is 1270. The van der Waals surface area contributed by atoms with Crippen LogP contribution in [0, 0.1) is 23.2 Å². The first kappa shape index (κ1) is 37.8. The lowest BCUT2D eigenvalue weighted by atomic mass is 9.61. The first-order valence-corrected chi connectivity index (χ1v) is 24.1. The average molecular weight is 669 g/mol. The number of hydrogen-bond acceptors (Lipinski definition) is 4. The molecule has 0 bridgehead atoms. The summed E-state index contributed by atoms with van der Waals surface area (Å²) in [5, 5.41) is 10.8. The topological polar surface area (TPSA) is 55.8 Å². The van der Waals surface area contributed by atoms with Crippen LogP contribution in [-0.2, 0) is 13.6 Å². The van der Waals surface area contributed by atoms with E-state index in [-0.39, 0.29) is 33.5 Å². The van der Waals surface area contributed by atoms with Crippen LogP contribution in [0.15, 0.2) is 47.1 Å². The number of ketones is 1. The molecule has 6 heteroatoms. The third kappa shape index (κ3) is 7.56. The van der Waals surface area contributed by atoms with E-state index in [1.54, 1.807) is 12.5 Å². The highest BCUT2D eigenvalue weighted by Gasteiger charge is 2.51. The number of hydrogen-bond donors (Lipinski definition) is 1. The average Bonchev–Trinajstić information content (AvgIpc) is 3.39. The van der Waals surface area contributed by atoms with Gasteiger partial charge in [0.05, 0.1) is 12.2 Å². The molecule has 0 aromatic heterocycles. The fourth-order valence-electron chi connectivity index (χ4n) is 8.45. The molecule has 4 nitrogen and oxygen atoms in total. The summed E-state index contributed by atoms with van der Waals surface area (Å²) in [5.74, 6) is 1.39. The maximum atomic E-state index is 12.8. The lowest BCUT2D eigenvalue weighted by molar-refractivity contribution is -0.129. The molecule has 4 unspecified atom stereocenters. The van der Waals surface area contributed by atoms with Gasteiger partial charge in [0.15, 0.2) is 22.4 Å². The molecule has 4 aliphatic carbocycles. The van der Waals surface area contributed by atoms with Gasteiger partial charge in [-0.3, -0.25) is 4.79 Å². The number of aliphatic hydroxyl groups is 1. The van der Waals surface area contributed by atoms with Gasteiger partial charge in [-0.25, -0.2) is 0 Å². The Labute approximate surface area is 284 Å². The van der Waals surface area contributed by atoms with Crippen molar-refractivity contribution in [3.63, 3.8) is 0 Å². The van der Waals surface area contributed by atoms with Crippen LogP contribution in [0.25, 0.3) is 0 Å². The molecule has 7 atom stereocenters. The van der Waals surface area contributed by atoms with Gasteiger partial charge in [0.2, 0.25) is 0 Å². The lowest BCUT2D eigenvalue weighted by Gasteiger charge is -2.45. The van der Waals surface area contributed by atoms with Gasteiger partial charge < -0.3 is 14.0 Å². The summed E-state index contributed by atoms with van der Waals surface area (Å²) >= 11 is 0. The van der Waals surface area contributed by atoms with Crippen LogP contribution in [0.3, 0.4) is 0 Å². The third-order valence-corrected chi connectivity index (χ3v) is 22.6. The summed E-state index contributed by atoms with van der Waals surface area (Å²) in [4.78, 5) is 12.8. The second kappa shape index (κ2) is 13.0. The highest BCUT2D eigenvalue weighted by Crippen LogP contribution is 2.60. The lowest BCUT2D eigenvalue weighted by Crippen LogP contribution is -2.49. The van der Waals surface area contributed by atoms with Crippen LogP contribution in [-0.4, -0.2) is 45.3 Å². The van der Waals surface area contributed by atoms with E-state index in [4.69, 9.17) is 8.85 Å². The second-order valence-electron chi connectivity index (χ2n) is 19.0. The summed E-state index contributed by atoms with van der Waals surface area (Å²) in [5.41, 5.74) is 3.93. The van der Waals surface area contributed by atoms with Crippen molar-refractivity contribution in [2.24, 2.45) is 23.2 Å². The molecular formula is C40H68O4Si2. The number of allylic oxidation sites excluding steroid dienone is 4. The summed E-state index contributed by atoms with van der Waals surface area (Å²) < 4.78 is 14.1. The number of carbonyl (C=O) groups is 1. The predicted octanol–water partition coefficient (Wildman–Crippen LogP) is 10.9. The monoisotopic (exact) mass is 668 g/mol. The number of fused-ring (bicyclic) bond motifs is 1. The van der Waals surface area contributed by atoms with Crippen LogP contribution in [0.4, 0.5) is 0 Å². The fraction of sp³-hybridized carbons (Fsp3) is 0.775. The van der Waals surface area contributed by atoms with Crippen LogP contribution in [0.5, 0.6) is 0 Å². The molecule has 260 valence electrons. The van der Waals surface area contributed by atoms with E-state index in [9.17, 15) is 9.90 Å². The zero-order valence-corrected chi connectivity index (χ0v) is 33.9. The maximum absolute atomic E-state index is 12.8. The Kier molecular flexibility index (Phi) is 10.7. The van der Waals surface area contributed by atoms with Gasteiger partial charge in [-0.05, 0) is 134 Å². The van der Waals surface area contributed by atoms with Crippen molar-refractivity contribution in [1.29, 1.82) is 0 Å². The van der Waals surface area contributed by atoms with Crippen LogP contribution < -0.4 is 0 Å². The molecule has 0 amide bonds. The first-order chi connectivity index (χ1) is 20.9. The molecular weight excluding hydrogens is 601 g/mol. The van der Waals surface area contributed by atoms with Crippen molar-refractivity contribution in [2.75, 3.05) is 0 Å². The van der Waals surface area contributed by atoms with Gasteiger partial charge in [-0.2, -0.15) is 0 Å². The maximum Gasteiger partial charge on any atom is 0.192 e. The Morgan fingerprint density at radius 1 is 0.913 bits per heavy atom. The molecule has 0 spiro atoms. The molecule has 0 aromatic carbocycles. The van der Waals surface area contributed by atoms with Gasteiger partial charge in [-0.1, -0.05) is 85.8 Å². The normalized spacial score (nSPS) is 36.6. The summed E-state index contributed by atoms with van der Waals surface area (Å²) in [6.45, 7) is 34.5. The molecule has 4 rings (SSSR count). The van der Waals surface area contributed by atoms with E-state index < -0.39 is 22.2 Å². The highest BCUT2D eigenvalue weighted by atomic mass is 28.4. The minimum absolute atomic E-state index is 0.00509. The van der Waals surface area contributed by atoms with Crippen molar-refractivity contribution in [3.8, 4) is 0 Å². The van der Waals surface area contributed by atoms with E-state index in [1.165, 1.54) is 31.3 Å². The summed E-state index contributed by atoms with van der Waals surface area (Å²) in [6.07, 6.45) is 16.3. The van der Waals surface area contributed by atoms with Gasteiger partial charge in [0, 0.05) is 6.42 Å². The van der Waals surface area contributed by atoms with E-state index in [0.29, 0.717) is 30.6 Å². The minimum atomic E-state index is -2.00. The number of rotatable bonds is 7. The standard InChI is InChI=1S/C40H68O4Si2/c1-27(24-31-21-23-40(10,42)36(31)41)33-19-20-34-29(16-15-22-39(33,34)9)17-18-30-25-32(43-45(11,12)37(3,4)5)26-35(28(30)2)44-46(13,14)38(6,7)8/h17-18,24,27,32-35,42H,2,15-16,19-23,25-26H2,1,3-14H3/t27-,32?,33-,34?,35?,39-,40?/m1/s1. The third-order valence-electron chi connectivity index (χ3n) is 13.5. The van der Waals surface area contributed by atoms with E-state index in [1.807, 2.05) is 0 Å². The molecule has 4 aliphatic rings. The highest BCUT2D eigenvalue weighted by molar-refractivity contribution is 6.74. The molecule has 0 radical (unpaired) electrons. The first-order valence-electron chi connectivity index (χ1n) is 18.3. The number of carbonyl (C=O) groups excluding carboxylic acids is 1. The summed E-state index contributed by atoms with van der Waals surface area (Å²) in [6, 6.07) is 0. The van der Waals surface area contributed by atoms with E-state index in [0.717, 1.165) is 30.4 Å². The Balaban J connectivity index is 1.60. The Hall–Kier alpha value is -1.06. The predicted molar refractivity (Wildman–Crippen MR) is 199 cm³/mol. The SMILES string of the molecule is C=C1C(=CC=C2CCC[C@@]3(C)C2CC[C@@H]3[C@H](C)C=C2CCC(C)(O)C2=O)CC(O[Si](C)(C)C(C)(C)C)CC1O[Si](C)(C)C(C)(C)C. The molecule has 1 N–H and O–H groups in total. The zero-order valence-electron chi connectivity index (χ0n) is 31.9. The second-order valence-corrected chi connectivity index (χ2v) is 28.5. The van der Waals surface area contributed by atoms with Gasteiger partial charge in [0.1, 0.15) is 5.60 Å². The molecule has 0 saturated heterocycles. The quantitative estimate of drug-likeness (QED) is 0.217. The van der Waals surface area contributed by atoms with E-state index >= 15 is 0 Å². The van der Waals surface area contributed by atoms with Crippen LogP contribution >= 0.6 is 0 Å². The molecule has 4 saturated carbocycles. The van der Waals surface area contributed by atoms with Crippen LogP contribution in [0.1, 0.15) is 120 Å². The largest absolute Gasteiger partial charge is 0.413 e. The fourth-order valence-corrected chi connectivity index (χ4v) is 11.1. The molecule has 0 aromatic rings. The van der Waals surface area contributed by atoms with Crippen molar-refractivity contribution < 1.29 is 18.8 Å². The van der Waals surface area contributed by atoms with Gasteiger partial charge >= 0.3 is 0 Å². The van der Waals surface area contributed by atoms with Crippen molar-refractivity contribution in [3.05, 3.63) is 47.1 Å². The molecule has 0 heterocycles. The van der Waals surface area contributed by atoms with Gasteiger partial charge in [-0.15, -0.1) is 0 Å². The van der Waals surface area contributed by atoms with Crippen molar-refractivity contribution >= 4 is 22.4 Å². The van der Waals surface area contributed by atoms with E-state index in [2.05, 4.69) is 106 Å². The molecule has 0 aliphatic heterocycles. The minimum Gasteiger partial charge on any atom is -0.413 e. The summed E-state index contributed by atoms with van der Waals surface area (Å²) in [7, 11) is -3.96.